The number of rotatable bonds is 4. The van der Waals surface area contributed by atoms with Crippen molar-refractivity contribution in [2.45, 2.75) is 51.7 Å². The normalized spacial score (nSPS) is 19.3. The van der Waals surface area contributed by atoms with Crippen LogP contribution in [0.5, 0.6) is 0 Å². The molecule has 2 aromatic heterocycles. The second kappa shape index (κ2) is 7.97. The number of aromatic nitrogens is 2. The van der Waals surface area contributed by atoms with Crippen molar-refractivity contribution in [3.8, 4) is 5.69 Å². The third-order valence-corrected chi connectivity index (χ3v) is 6.03. The molecular weight excluding hydrogens is 385 g/mol. The SMILES string of the molecule is COC(=O)c1cc2c(ccn2-c2ccc(F)cc2)n1CC(=O)N1[C@@H](C)CCC[C@@H]1C. The lowest BCUT2D eigenvalue weighted by Gasteiger charge is -2.39. The zero-order valence-corrected chi connectivity index (χ0v) is 17.5. The molecular formula is C23H26FN3O3. The van der Waals surface area contributed by atoms with Crippen LogP contribution in [0.1, 0.15) is 43.6 Å². The predicted molar refractivity (Wildman–Crippen MR) is 112 cm³/mol. The van der Waals surface area contributed by atoms with Gasteiger partial charge in [-0.05, 0) is 69.5 Å². The molecule has 0 bridgehead atoms. The Morgan fingerprint density at radius 2 is 1.73 bits per heavy atom. The van der Waals surface area contributed by atoms with E-state index in [1.54, 1.807) is 22.8 Å². The molecule has 1 saturated heterocycles. The molecule has 0 aliphatic carbocycles. The van der Waals surface area contributed by atoms with Gasteiger partial charge < -0.3 is 18.8 Å². The van der Waals surface area contributed by atoms with E-state index in [1.165, 1.54) is 19.2 Å². The molecule has 30 heavy (non-hydrogen) atoms. The highest BCUT2D eigenvalue weighted by atomic mass is 19.1. The second-order valence-corrected chi connectivity index (χ2v) is 7.97. The van der Waals surface area contributed by atoms with Crippen LogP contribution in [-0.4, -0.2) is 45.1 Å². The number of benzene rings is 1. The van der Waals surface area contributed by atoms with Crippen molar-refractivity contribution < 1.29 is 18.7 Å². The summed E-state index contributed by atoms with van der Waals surface area (Å²) in [6, 6.07) is 10.1. The van der Waals surface area contributed by atoms with E-state index in [-0.39, 0.29) is 30.4 Å². The smallest absolute Gasteiger partial charge is 0.354 e. The number of esters is 1. The zero-order chi connectivity index (χ0) is 21.4. The Kier molecular flexibility index (Phi) is 5.37. The van der Waals surface area contributed by atoms with Gasteiger partial charge in [0.1, 0.15) is 18.1 Å². The molecule has 0 spiro atoms. The molecule has 1 fully saturated rings. The van der Waals surface area contributed by atoms with Crippen molar-refractivity contribution in [3.05, 3.63) is 54.1 Å². The van der Waals surface area contributed by atoms with E-state index in [2.05, 4.69) is 13.8 Å². The lowest BCUT2D eigenvalue weighted by atomic mass is 9.97. The Morgan fingerprint density at radius 3 is 2.37 bits per heavy atom. The van der Waals surface area contributed by atoms with Gasteiger partial charge >= 0.3 is 5.97 Å². The standard InChI is InChI=1S/C23H26FN3O3/c1-15-5-4-6-16(2)27(15)22(28)14-26-19-11-12-25(18-9-7-17(24)8-10-18)20(19)13-21(26)23(29)30-3/h7-13,15-16H,4-6,14H2,1-3H3/t15-,16-/m0/s1. The van der Waals surface area contributed by atoms with E-state index >= 15 is 0 Å². The minimum Gasteiger partial charge on any atom is -0.464 e. The van der Waals surface area contributed by atoms with Crippen molar-refractivity contribution in [2.75, 3.05) is 7.11 Å². The van der Waals surface area contributed by atoms with Crippen molar-refractivity contribution in [1.82, 2.24) is 14.0 Å². The molecule has 2 atom stereocenters. The van der Waals surface area contributed by atoms with Gasteiger partial charge in [-0.1, -0.05) is 0 Å². The number of carbonyl (C=O) groups is 2. The topological polar surface area (TPSA) is 56.5 Å². The fourth-order valence-corrected chi connectivity index (χ4v) is 4.54. The summed E-state index contributed by atoms with van der Waals surface area (Å²) in [5.74, 6) is -0.818. The molecule has 6 nitrogen and oxygen atoms in total. The summed E-state index contributed by atoms with van der Waals surface area (Å²) in [4.78, 5) is 27.6. The average molecular weight is 411 g/mol. The summed E-state index contributed by atoms with van der Waals surface area (Å²) in [6.07, 6.45) is 4.95. The lowest BCUT2D eigenvalue weighted by Crippen LogP contribution is -2.48. The van der Waals surface area contributed by atoms with Gasteiger partial charge in [-0.2, -0.15) is 0 Å². The molecule has 3 aromatic rings. The van der Waals surface area contributed by atoms with Crippen LogP contribution in [-0.2, 0) is 16.1 Å². The molecule has 0 radical (unpaired) electrons. The number of methoxy groups -OCH3 is 1. The first-order chi connectivity index (χ1) is 14.4. The minimum absolute atomic E-state index is 0.00751. The summed E-state index contributed by atoms with van der Waals surface area (Å²) in [7, 11) is 1.33. The number of amides is 1. The van der Waals surface area contributed by atoms with Crippen molar-refractivity contribution in [3.63, 3.8) is 0 Å². The van der Waals surface area contributed by atoms with E-state index in [1.807, 2.05) is 21.7 Å². The number of ether oxygens (including phenoxy) is 1. The van der Waals surface area contributed by atoms with Crippen LogP contribution >= 0.6 is 0 Å². The van der Waals surface area contributed by atoms with E-state index in [0.717, 1.165) is 36.0 Å². The van der Waals surface area contributed by atoms with Gasteiger partial charge in [0.15, 0.2) is 0 Å². The molecule has 158 valence electrons. The van der Waals surface area contributed by atoms with Crippen LogP contribution in [0.2, 0.25) is 0 Å². The van der Waals surface area contributed by atoms with Crippen molar-refractivity contribution in [1.29, 1.82) is 0 Å². The third-order valence-electron chi connectivity index (χ3n) is 6.03. The Bertz CT molecular complexity index is 1070. The highest BCUT2D eigenvalue weighted by Gasteiger charge is 2.30. The fourth-order valence-electron chi connectivity index (χ4n) is 4.54. The van der Waals surface area contributed by atoms with Gasteiger partial charge in [-0.15, -0.1) is 0 Å². The second-order valence-electron chi connectivity index (χ2n) is 7.97. The zero-order valence-electron chi connectivity index (χ0n) is 17.5. The third kappa shape index (κ3) is 3.49. The highest BCUT2D eigenvalue weighted by molar-refractivity contribution is 5.96. The summed E-state index contributed by atoms with van der Waals surface area (Å²) >= 11 is 0. The summed E-state index contributed by atoms with van der Waals surface area (Å²) < 4.78 is 21.9. The minimum atomic E-state index is -0.496. The molecule has 7 heteroatoms. The van der Waals surface area contributed by atoms with Gasteiger partial charge in [-0.25, -0.2) is 9.18 Å². The summed E-state index contributed by atoms with van der Waals surface area (Å²) in [5.41, 5.74) is 2.61. The van der Waals surface area contributed by atoms with Gasteiger partial charge in [0.2, 0.25) is 5.91 Å². The number of piperidine rings is 1. The van der Waals surface area contributed by atoms with Gasteiger partial charge in [0.25, 0.3) is 0 Å². The van der Waals surface area contributed by atoms with E-state index < -0.39 is 5.97 Å². The van der Waals surface area contributed by atoms with Crippen LogP contribution < -0.4 is 0 Å². The van der Waals surface area contributed by atoms with Gasteiger partial charge in [0, 0.05) is 24.0 Å². The average Bonchev–Trinajstić information content (AvgIpc) is 3.28. The molecule has 0 saturated carbocycles. The van der Waals surface area contributed by atoms with Crippen LogP contribution in [0.4, 0.5) is 4.39 Å². The van der Waals surface area contributed by atoms with E-state index in [9.17, 15) is 14.0 Å². The lowest BCUT2D eigenvalue weighted by molar-refractivity contribution is -0.137. The first kappa shape index (κ1) is 20.2. The van der Waals surface area contributed by atoms with E-state index in [4.69, 9.17) is 4.74 Å². The highest BCUT2D eigenvalue weighted by Crippen LogP contribution is 2.27. The molecule has 1 amide bonds. The summed E-state index contributed by atoms with van der Waals surface area (Å²) in [5, 5.41) is 0. The fraction of sp³-hybridized carbons (Fsp3) is 0.391. The number of hydrogen-bond donors (Lipinski definition) is 0. The van der Waals surface area contributed by atoms with Crippen LogP contribution in [0, 0.1) is 5.82 Å². The first-order valence-corrected chi connectivity index (χ1v) is 10.3. The maximum Gasteiger partial charge on any atom is 0.354 e. The predicted octanol–water partition coefficient (Wildman–Crippen LogP) is 4.15. The quantitative estimate of drug-likeness (QED) is 0.606. The number of carbonyl (C=O) groups excluding carboxylic acids is 2. The number of fused-ring (bicyclic) bond motifs is 1. The Morgan fingerprint density at radius 1 is 1.07 bits per heavy atom. The summed E-state index contributed by atoms with van der Waals surface area (Å²) in [6.45, 7) is 4.21. The molecule has 1 aliphatic rings. The van der Waals surface area contributed by atoms with Crippen LogP contribution in [0.25, 0.3) is 16.7 Å². The Hall–Kier alpha value is -3.09. The Labute approximate surface area is 174 Å². The number of hydrogen-bond acceptors (Lipinski definition) is 3. The largest absolute Gasteiger partial charge is 0.464 e. The first-order valence-electron chi connectivity index (χ1n) is 10.3. The molecule has 1 aromatic carbocycles. The number of nitrogens with zero attached hydrogens (tertiary/aromatic N) is 3. The molecule has 0 N–H and O–H groups in total. The van der Waals surface area contributed by atoms with Crippen molar-refractivity contribution in [2.24, 2.45) is 0 Å². The van der Waals surface area contributed by atoms with Crippen molar-refractivity contribution >= 4 is 22.9 Å². The van der Waals surface area contributed by atoms with Gasteiger partial charge in [-0.3, -0.25) is 4.79 Å². The van der Waals surface area contributed by atoms with Gasteiger partial charge in [0.05, 0.1) is 18.1 Å². The number of likely N-dealkylation sites (tertiary alicyclic amines) is 1. The molecule has 4 rings (SSSR count). The maximum atomic E-state index is 13.3. The van der Waals surface area contributed by atoms with Crippen LogP contribution in [0.3, 0.4) is 0 Å². The molecule has 1 aliphatic heterocycles. The number of halogens is 1. The molecule has 3 heterocycles. The Balaban J connectivity index is 1.75. The maximum absolute atomic E-state index is 13.3. The van der Waals surface area contributed by atoms with E-state index in [0.29, 0.717) is 5.69 Å². The molecule has 0 unspecified atom stereocenters. The monoisotopic (exact) mass is 411 g/mol. The van der Waals surface area contributed by atoms with Crippen LogP contribution in [0.15, 0.2) is 42.6 Å².